The molecule has 3 heterocycles. The number of thioether (sulfide) groups is 1. The van der Waals surface area contributed by atoms with Crippen LogP contribution in [0.2, 0.25) is 0 Å². The zero-order valence-corrected chi connectivity index (χ0v) is 17.6. The van der Waals surface area contributed by atoms with E-state index in [1.165, 1.54) is 16.6 Å². The highest BCUT2D eigenvalue weighted by Gasteiger charge is 2.25. The first kappa shape index (κ1) is 20.7. The van der Waals surface area contributed by atoms with Gasteiger partial charge >= 0.3 is 0 Å². The van der Waals surface area contributed by atoms with Gasteiger partial charge in [-0.15, -0.1) is 0 Å². The molecule has 0 aromatic carbocycles. The van der Waals surface area contributed by atoms with Crippen molar-refractivity contribution in [3.05, 3.63) is 27.7 Å². The minimum atomic E-state index is -3.17. The van der Waals surface area contributed by atoms with E-state index < -0.39 is 10.0 Å². The van der Waals surface area contributed by atoms with Gasteiger partial charge in [0.25, 0.3) is 0 Å². The van der Waals surface area contributed by atoms with Gasteiger partial charge in [0.15, 0.2) is 5.75 Å². The molecule has 8 nitrogen and oxygen atoms in total. The molecule has 3 rings (SSSR count). The number of rotatable bonds is 5. The zero-order chi connectivity index (χ0) is 19.6. The van der Waals surface area contributed by atoms with Crippen LogP contribution >= 0.6 is 11.8 Å². The van der Waals surface area contributed by atoms with Crippen molar-refractivity contribution >= 4 is 21.8 Å². The third-order valence-corrected chi connectivity index (χ3v) is 7.55. The van der Waals surface area contributed by atoms with Crippen LogP contribution in [0.5, 0.6) is 5.75 Å². The van der Waals surface area contributed by atoms with Gasteiger partial charge in [0.05, 0.1) is 11.9 Å². The van der Waals surface area contributed by atoms with Gasteiger partial charge in [-0.05, 0) is 0 Å². The van der Waals surface area contributed by atoms with E-state index in [0.29, 0.717) is 45.0 Å². The number of pyridine rings is 1. The first-order valence-electron chi connectivity index (χ1n) is 9.14. The second-order valence-corrected chi connectivity index (χ2v) is 10.4. The fourth-order valence-corrected chi connectivity index (χ4v) is 5.35. The standard InChI is InChI=1S/C17H28N4O4S2/c1-18-14(12-20-7-9-26-10-8-20)11-16(22)17(23)15(18)13-19-3-5-21(6-4-19)27(2,24)25/h11,23H,3-10,12-13H2,1-2H3. The summed E-state index contributed by atoms with van der Waals surface area (Å²) in [6.07, 6.45) is 1.22. The minimum absolute atomic E-state index is 0.207. The monoisotopic (exact) mass is 416 g/mol. The van der Waals surface area contributed by atoms with Crippen molar-refractivity contribution in [3.8, 4) is 5.75 Å². The molecule has 0 atom stereocenters. The van der Waals surface area contributed by atoms with Crippen molar-refractivity contribution < 1.29 is 13.5 Å². The van der Waals surface area contributed by atoms with Crippen LogP contribution in [0.15, 0.2) is 10.9 Å². The van der Waals surface area contributed by atoms with Gasteiger partial charge in [0.2, 0.25) is 15.5 Å². The highest BCUT2D eigenvalue weighted by molar-refractivity contribution is 7.99. The van der Waals surface area contributed by atoms with Crippen LogP contribution in [0.4, 0.5) is 0 Å². The Labute approximate surface area is 164 Å². The number of hydrogen-bond donors (Lipinski definition) is 1. The Morgan fingerprint density at radius 3 is 2.22 bits per heavy atom. The molecule has 10 heteroatoms. The average molecular weight is 417 g/mol. The largest absolute Gasteiger partial charge is 0.503 e. The molecule has 1 N–H and O–H groups in total. The fraction of sp³-hybridized carbons (Fsp3) is 0.706. The molecule has 0 amide bonds. The molecule has 0 aliphatic carbocycles. The summed E-state index contributed by atoms with van der Waals surface area (Å²) in [5.74, 6) is 1.99. The van der Waals surface area contributed by atoms with Crippen molar-refractivity contribution in [1.82, 2.24) is 18.7 Å². The van der Waals surface area contributed by atoms with E-state index in [2.05, 4.69) is 9.80 Å². The lowest BCUT2D eigenvalue weighted by Crippen LogP contribution is -2.48. The molecule has 0 unspecified atom stereocenters. The number of nitrogens with zero attached hydrogens (tertiary/aromatic N) is 4. The number of aromatic hydroxyl groups is 1. The third-order valence-electron chi connectivity index (χ3n) is 5.30. The van der Waals surface area contributed by atoms with Crippen molar-refractivity contribution in [2.45, 2.75) is 13.1 Å². The second kappa shape index (κ2) is 8.52. The molecule has 27 heavy (non-hydrogen) atoms. The minimum Gasteiger partial charge on any atom is -0.503 e. The van der Waals surface area contributed by atoms with Gasteiger partial charge in [-0.2, -0.15) is 16.1 Å². The molecule has 0 saturated carbocycles. The SMILES string of the molecule is Cn1c(CN2CCSCC2)cc(=O)c(O)c1CN1CCN(S(C)(=O)=O)CC1. The summed E-state index contributed by atoms with van der Waals surface area (Å²) in [7, 11) is -1.29. The number of sulfonamides is 1. The Bertz CT molecular complexity index is 826. The van der Waals surface area contributed by atoms with Crippen LogP contribution in [-0.2, 0) is 30.2 Å². The quantitative estimate of drug-likeness (QED) is 0.706. The number of hydrogen-bond acceptors (Lipinski definition) is 7. The topological polar surface area (TPSA) is 86.1 Å². The summed E-state index contributed by atoms with van der Waals surface area (Å²) >= 11 is 1.94. The Morgan fingerprint density at radius 1 is 1.04 bits per heavy atom. The lowest BCUT2D eigenvalue weighted by molar-refractivity contribution is 0.176. The van der Waals surface area contributed by atoms with Crippen molar-refractivity contribution in [2.24, 2.45) is 7.05 Å². The molecular weight excluding hydrogens is 388 g/mol. The van der Waals surface area contributed by atoms with Crippen LogP contribution in [0, 0.1) is 0 Å². The lowest BCUT2D eigenvalue weighted by atomic mass is 10.2. The molecule has 1 aromatic heterocycles. The molecule has 0 bridgehead atoms. The predicted octanol–water partition coefficient (Wildman–Crippen LogP) is -0.283. The average Bonchev–Trinajstić information content (AvgIpc) is 2.64. The van der Waals surface area contributed by atoms with E-state index in [1.54, 1.807) is 0 Å². The summed E-state index contributed by atoms with van der Waals surface area (Å²) in [5.41, 5.74) is 1.14. The first-order chi connectivity index (χ1) is 12.8. The third kappa shape index (κ3) is 5.05. The number of piperazine rings is 1. The summed E-state index contributed by atoms with van der Waals surface area (Å²) in [5, 5.41) is 10.3. The van der Waals surface area contributed by atoms with Crippen LogP contribution in [0.3, 0.4) is 0 Å². The van der Waals surface area contributed by atoms with Crippen molar-refractivity contribution in [2.75, 3.05) is 57.0 Å². The lowest BCUT2D eigenvalue weighted by Gasteiger charge is -2.34. The Balaban J connectivity index is 1.74. The van der Waals surface area contributed by atoms with E-state index in [0.717, 1.165) is 30.3 Å². The predicted molar refractivity (Wildman–Crippen MR) is 108 cm³/mol. The van der Waals surface area contributed by atoms with Crippen molar-refractivity contribution in [1.29, 1.82) is 0 Å². The van der Waals surface area contributed by atoms with E-state index in [-0.39, 0.29) is 11.2 Å². The molecule has 2 fully saturated rings. The highest BCUT2D eigenvalue weighted by atomic mass is 32.2. The Kier molecular flexibility index (Phi) is 6.52. The summed E-state index contributed by atoms with van der Waals surface area (Å²) in [4.78, 5) is 16.7. The van der Waals surface area contributed by atoms with E-state index >= 15 is 0 Å². The van der Waals surface area contributed by atoms with Gasteiger partial charge < -0.3 is 9.67 Å². The molecule has 152 valence electrons. The summed E-state index contributed by atoms with van der Waals surface area (Å²) < 4.78 is 26.7. The Morgan fingerprint density at radius 2 is 1.63 bits per heavy atom. The normalized spacial score (nSPS) is 20.8. The molecule has 1 aromatic rings. The van der Waals surface area contributed by atoms with E-state index in [4.69, 9.17) is 0 Å². The van der Waals surface area contributed by atoms with Gasteiger partial charge in [0, 0.05) is 82.7 Å². The molecule has 2 saturated heterocycles. The maximum Gasteiger partial charge on any atom is 0.223 e. The summed E-state index contributed by atoms with van der Waals surface area (Å²) in [6.45, 7) is 5.14. The van der Waals surface area contributed by atoms with Gasteiger partial charge in [-0.25, -0.2) is 8.42 Å². The van der Waals surface area contributed by atoms with E-state index in [1.807, 2.05) is 23.4 Å². The zero-order valence-electron chi connectivity index (χ0n) is 15.9. The van der Waals surface area contributed by atoms with Gasteiger partial charge in [-0.3, -0.25) is 14.6 Å². The molecule has 0 spiro atoms. The van der Waals surface area contributed by atoms with E-state index in [9.17, 15) is 18.3 Å². The van der Waals surface area contributed by atoms with Crippen LogP contribution in [0.1, 0.15) is 11.4 Å². The molecule has 0 radical (unpaired) electrons. The number of aromatic nitrogens is 1. The maximum atomic E-state index is 12.3. The summed E-state index contributed by atoms with van der Waals surface area (Å²) in [6, 6.07) is 1.53. The highest BCUT2D eigenvalue weighted by Crippen LogP contribution is 2.19. The van der Waals surface area contributed by atoms with Crippen LogP contribution in [0.25, 0.3) is 0 Å². The fourth-order valence-electron chi connectivity index (χ4n) is 3.54. The van der Waals surface area contributed by atoms with Gasteiger partial charge in [-0.1, -0.05) is 0 Å². The smallest absolute Gasteiger partial charge is 0.223 e. The molecular formula is C17H28N4O4S2. The van der Waals surface area contributed by atoms with Crippen molar-refractivity contribution in [3.63, 3.8) is 0 Å². The van der Waals surface area contributed by atoms with Gasteiger partial charge in [0.1, 0.15) is 0 Å². The maximum absolute atomic E-state index is 12.3. The first-order valence-corrected chi connectivity index (χ1v) is 12.1. The van der Waals surface area contributed by atoms with Crippen LogP contribution < -0.4 is 5.43 Å². The molecule has 2 aliphatic heterocycles. The molecule has 2 aliphatic rings. The van der Waals surface area contributed by atoms with Crippen LogP contribution in [-0.4, -0.2) is 89.2 Å². The second-order valence-electron chi connectivity index (χ2n) is 7.18. The Hall–Kier alpha value is -1.07.